The molecular formula is C17H24O4. The van der Waals surface area contributed by atoms with Crippen LogP contribution in [-0.2, 0) is 14.3 Å². The van der Waals surface area contributed by atoms with Crippen LogP contribution in [0.2, 0.25) is 0 Å². The van der Waals surface area contributed by atoms with Crippen molar-refractivity contribution in [1.29, 1.82) is 0 Å². The lowest BCUT2D eigenvalue weighted by molar-refractivity contribution is -0.141. The van der Waals surface area contributed by atoms with E-state index in [1.165, 1.54) is 25.2 Å². The molecule has 1 N–H and O–H groups in total. The molecule has 0 fully saturated rings. The molecule has 0 aliphatic carbocycles. The number of allylic oxidation sites excluding steroid dienone is 4. The van der Waals surface area contributed by atoms with Gasteiger partial charge in [0.05, 0.1) is 11.7 Å². The van der Waals surface area contributed by atoms with Crippen molar-refractivity contribution < 1.29 is 19.4 Å². The molecule has 0 spiro atoms. The van der Waals surface area contributed by atoms with Crippen LogP contribution in [0, 0.1) is 5.41 Å². The molecule has 0 aliphatic rings. The van der Waals surface area contributed by atoms with Gasteiger partial charge in [-0.3, -0.25) is 4.79 Å². The maximum absolute atomic E-state index is 12.5. The summed E-state index contributed by atoms with van der Waals surface area (Å²) in [7, 11) is 0. The third kappa shape index (κ3) is 6.36. The molecule has 116 valence electrons. The summed E-state index contributed by atoms with van der Waals surface area (Å²) >= 11 is 0. The Morgan fingerprint density at radius 1 is 1.24 bits per heavy atom. The molecule has 0 rings (SSSR count). The highest BCUT2D eigenvalue weighted by Crippen LogP contribution is 2.24. The van der Waals surface area contributed by atoms with Crippen LogP contribution in [0.15, 0.2) is 48.6 Å². The Balaban J connectivity index is 5.72. The Kier molecular flexibility index (Phi) is 7.60. The van der Waals surface area contributed by atoms with E-state index in [1.807, 2.05) is 0 Å². The van der Waals surface area contributed by atoms with E-state index in [2.05, 4.69) is 13.2 Å². The second-order valence-corrected chi connectivity index (χ2v) is 5.65. The molecule has 0 amide bonds. The minimum absolute atomic E-state index is 0.0775. The highest BCUT2D eigenvalue weighted by atomic mass is 16.5. The van der Waals surface area contributed by atoms with E-state index in [0.29, 0.717) is 0 Å². The van der Waals surface area contributed by atoms with Crippen molar-refractivity contribution in [3.8, 4) is 0 Å². The molecule has 0 aliphatic heterocycles. The molecule has 0 aromatic heterocycles. The van der Waals surface area contributed by atoms with Gasteiger partial charge in [0.15, 0.2) is 5.78 Å². The van der Waals surface area contributed by atoms with Gasteiger partial charge in [-0.2, -0.15) is 0 Å². The lowest BCUT2D eigenvalue weighted by Crippen LogP contribution is -2.25. The van der Waals surface area contributed by atoms with Crippen LogP contribution >= 0.6 is 0 Å². The van der Waals surface area contributed by atoms with Gasteiger partial charge in [-0.15, -0.1) is 0 Å². The largest absolute Gasteiger partial charge is 0.459 e. The number of esters is 1. The molecule has 1 atom stereocenters. The van der Waals surface area contributed by atoms with E-state index in [4.69, 9.17) is 9.84 Å². The zero-order valence-corrected chi connectivity index (χ0v) is 13.2. The molecule has 1 unspecified atom stereocenters. The van der Waals surface area contributed by atoms with Gasteiger partial charge in [0.25, 0.3) is 0 Å². The van der Waals surface area contributed by atoms with Crippen molar-refractivity contribution in [1.82, 2.24) is 0 Å². The van der Waals surface area contributed by atoms with Crippen LogP contribution in [0.4, 0.5) is 0 Å². The summed E-state index contributed by atoms with van der Waals surface area (Å²) in [5.74, 6) is -0.892. The first-order chi connectivity index (χ1) is 9.65. The Hall–Kier alpha value is -1.94. The van der Waals surface area contributed by atoms with Crippen molar-refractivity contribution in [2.24, 2.45) is 5.41 Å². The molecule has 0 aromatic carbocycles. The van der Waals surface area contributed by atoms with Gasteiger partial charge in [-0.1, -0.05) is 58.2 Å². The smallest absolute Gasteiger partial charge is 0.338 e. The summed E-state index contributed by atoms with van der Waals surface area (Å²) in [5.41, 5.74) is -0.360. The van der Waals surface area contributed by atoms with E-state index in [1.54, 1.807) is 26.8 Å². The predicted octanol–water partition coefficient (Wildman–Crippen LogP) is 2.75. The van der Waals surface area contributed by atoms with E-state index < -0.39 is 17.5 Å². The summed E-state index contributed by atoms with van der Waals surface area (Å²) in [6, 6.07) is 0. The SMILES string of the molecule is C=C/C=C\C(C(=O)C(C)(C)C)=C(/C=C)C(=O)OCC(C)O. The Morgan fingerprint density at radius 3 is 2.19 bits per heavy atom. The number of hydrogen-bond donors (Lipinski definition) is 1. The summed E-state index contributed by atoms with van der Waals surface area (Å²) in [6.07, 6.45) is 5.12. The molecule has 4 heteroatoms. The first-order valence-electron chi connectivity index (χ1n) is 6.71. The number of Topliss-reactive ketones (excluding diaryl/α,β-unsaturated/α-hetero) is 1. The molecule has 0 bridgehead atoms. The Bertz CT molecular complexity index is 474. The fourth-order valence-corrected chi connectivity index (χ4v) is 1.43. The van der Waals surface area contributed by atoms with Crippen molar-refractivity contribution in [3.05, 3.63) is 48.6 Å². The third-order valence-corrected chi connectivity index (χ3v) is 2.49. The van der Waals surface area contributed by atoms with Gasteiger partial charge < -0.3 is 9.84 Å². The number of carbonyl (C=O) groups excluding carboxylic acids is 2. The average molecular weight is 292 g/mol. The summed E-state index contributed by atoms with van der Waals surface area (Å²) in [4.78, 5) is 24.5. The van der Waals surface area contributed by atoms with Crippen LogP contribution in [-0.4, -0.2) is 29.6 Å². The van der Waals surface area contributed by atoms with Gasteiger partial charge in [-0.25, -0.2) is 4.79 Å². The second-order valence-electron chi connectivity index (χ2n) is 5.65. The third-order valence-electron chi connectivity index (χ3n) is 2.49. The number of hydrogen-bond acceptors (Lipinski definition) is 4. The van der Waals surface area contributed by atoms with Crippen LogP contribution in [0.5, 0.6) is 0 Å². The van der Waals surface area contributed by atoms with Crippen LogP contribution in [0.25, 0.3) is 0 Å². The fraction of sp³-hybridized carbons (Fsp3) is 0.412. The van der Waals surface area contributed by atoms with E-state index >= 15 is 0 Å². The molecule has 0 heterocycles. The lowest BCUT2D eigenvalue weighted by Gasteiger charge is -2.19. The topological polar surface area (TPSA) is 63.6 Å². The molecule has 0 aromatic rings. The molecule has 4 nitrogen and oxygen atoms in total. The standard InChI is InChI=1S/C17H24O4/c1-7-9-10-14(15(19)17(4,5)6)13(8-2)16(20)21-11-12(3)18/h7-10,12,18H,1-2,11H2,3-6H3/b10-9-,14-13-. The quantitative estimate of drug-likeness (QED) is 0.445. The van der Waals surface area contributed by atoms with Crippen molar-refractivity contribution in [2.45, 2.75) is 33.8 Å². The van der Waals surface area contributed by atoms with Crippen molar-refractivity contribution in [2.75, 3.05) is 6.61 Å². The Morgan fingerprint density at radius 2 is 1.81 bits per heavy atom. The number of carbonyl (C=O) groups is 2. The van der Waals surface area contributed by atoms with Crippen LogP contribution < -0.4 is 0 Å². The van der Waals surface area contributed by atoms with Gasteiger partial charge in [-0.05, 0) is 6.92 Å². The number of aliphatic hydroxyl groups excluding tert-OH is 1. The maximum atomic E-state index is 12.5. The first-order valence-corrected chi connectivity index (χ1v) is 6.71. The molecule has 0 saturated carbocycles. The predicted molar refractivity (Wildman–Crippen MR) is 83.7 cm³/mol. The maximum Gasteiger partial charge on any atom is 0.338 e. The molecule has 21 heavy (non-hydrogen) atoms. The zero-order chi connectivity index (χ0) is 16.6. The van der Waals surface area contributed by atoms with Gasteiger partial charge >= 0.3 is 5.97 Å². The number of ketones is 1. The minimum Gasteiger partial charge on any atom is -0.459 e. The number of aliphatic hydroxyl groups is 1. The summed E-state index contributed by atoms with van der Waals surface area (Å²) in [6.45, 7) is 13.8. The average Bonchev–Trinajstić information content (AvgIpc) is 2.39. The molecule has 0 radical (unpaired) electrons. The van der Waals surface area contributed by atoms with Gasteiger partial charge in [0, 0.05) is 11.0 Å². The zero-order valence-electron chi connectivity index (χ0n) is 13.2. The summed E-state index contributed by atoms with van der Waals surface area (Å²) < 4.78 is 4.95. The van der Waals surface area contributed by atoms with Gasteiger partial charge in [0.2, 0.25) is 0 Å². The summed E-state index contributed by atoms with van der Waals surface area (Å²) in [5, 5.41) is 9.16. The second kappa shape index (κ2) is 8.37. The van der Waals surface area contributed by atoms with Crippen molar-refractivity contribution in [3.63, 3.8) is 0 Å². The normalized spacial score (nSPS) is 14.3. The van der Waals surface area contributed by atoms with E-state index in [0.717, 1.165) is 0 Å². The van der Waals surface area contributed by atoms with Gasteiger partial charge in [0.1, 0.15) is 6.61 Å². The monoisotopic (exact) mass is 292 g/mol. The van der Waals surface area contributed by atoms with Crippen LogP contribution in [0.1, 0.15) is 27.7 Å². The van der Waals surface area contributed by atoms with E-state index in [-0.39, 0.29) is 23.5 Å². The highest BCUT2D eigenvalue weighted by Gasteiger charge is 2.27. The molecule has 0 saturated heterocycles. The van der Waals surface area contributed by atoms with Crippen molar-refractivity contribution >= 4 is 11.8 Å². The van der Waals surface area contributed by atoms with Crippen LogP contribution in [0.3, 0.4) is 0 Å². The highest BCUT2D eigenvalue weighted by molar-refractivity contribution is 6.09. The number of rotatable bonds is 7. The first kappa shape index (κ1) is 19.1. The molecular weight excluding hydrogens is 268 g/mol. The Labute approximate surface area is 126 Å². The lowest BCUT2D eigenvalue weighted by atomic mass is 9.84. The van der Waals surface area contributed by atoms with E-state index in [9.17, 15) is 9.59 Å². The number of ether oxygens (including phenoxy) is 1. The fourth-order valence-electron chi connectivity index (χ4n) is 1.43. The minimum atomic E-state index is -0.773.